The fourth-order valence-corrected chi connectivity index (χ4v) is 2.09. The van der Waals surface area contributed by atoms with Gasteiger partial charge in [-0.25, -0.2) is 4.98 Å². The van der Waals surface area contributed by atoms with Crippen LogP contribution in [-0.2, 0) is 4.79 Å². The first-order valence-corrected chi connectivity index (χ1v) is 7.77. The SMILES string of the molecule is CC(Oc1cccc(Br)c1)C(=O)NNC(=O)c1ccc(Cl)nc1. The molecular formula is C15H13BrClN3O3. The average Bonchev–Trinajstić information content (AvgIpc) is 2.53. The van der Waals surface area contributed by atoms with Gasteiger partial charge < -0.3 is 4.74 Å². The lowest BCUT2D eigenvalue weighted by molar-refractivity contribution is -0.128. The Morgan fingerprint density at radius 1 is 1.26 bits per heavy atom. The molecule has 2 amide bonds. The number of hydrazine groups is 1. The van der Waals surface area contributed by atoms with Crippen LogP contribution in [0.15, 0.2) is 47.1 Å². The molecule has 0 spiro atoms. The molecule has 6 nitrogen and oxygen atoms in total. The number of carbonyl (C=O) groups is 2. The molecule has 1 heterocycles. The van der Waals surface area contributed by atoms with Crippen LogP contribution in [0, 0.1) is 0 Å². The van der Waals surface area contributed by atoms with Crippen molar-refractivity contribution < 1.29 is 14.3 Å². The van der Waals surface area contributed by atoms with Crippen LogP contribution < -0.4 is 15.6 Å². The molecule has 0 aliphatic rings. The van der Waals surface area contributed by atoms with Crippen molar-refractivity contribution in [2.24, 2.45) is 0 Å². The van der Waals surface area contributed by atoms with Crippen LogP contribution in [0.2, 0.25) is 5.15 Å². The van der Waals surface area contributed by atoms with Crippen LogP contribution >= 0.6 is 27.5 Å². The zero-order chi connectivity index (χ0) is 16.8. The fraction of sp³-hybridized carbons (Fsp3) is 0.133. The Labute approximate surface area is 146 Å². The highest BCUT2D eigenvalue weighted by Gasteiger charge is 2.16. The number of benzene rings is 1. The summed E-state index contributed by atoms with van der Waals surface area (Å²) in [4.78, 5) is 27.5. The summed E-state index contributed by atoms with van der Waals surface area (Å²) in [7, 11) is 0. The average molecular weight is 399 g/mol. The number of halogens is 2. The Bertz CT molecular complexity index is 709. The topological polar surface area (TPSA) is 80.3 Å². The summed E-state index contributed by atoms with van der Waals surface area (Å²) in [5.41, 5.74) is 4.85. The van der Waals surface area contributed by atoms with Crippen molar-refractivity contribution in [2.75, 3.05) is 0 Å². The van der Waals surface area contributed by atoms with Gasteiger partial charge in [0.25, 0.3) is 11.8 Å². The van der Waals surface area contributed by atoms with Gasteiger partial charge in [-0.05, 0) is 37.3 Å². The second-order valence-corrected chi connectivity index (χ2v) is 5.83. The lowest BCUT2D eigenvalue weighted by atomic mass is 10.3. The van der Waals surface area contributed by atoms with E-state index in [4.69, 9.17) is 16.3 Å². The number of rotatable bonds is 4. The van der Waals surface area contributed by atoms with Gasteiger partial charge >= 0.3 is 0 Å². The predicted molar refractivity (Wildman–Crippen MR) is 89.1 cm³/mol. The smallest absolute Gasteiger partial charge is 0.279 e. The van der Waals surface area contributed by atoms with Gasteiger partial charge in [-0.1, -0.05) is 33.6 Å². The van der Waals surface area contributed by atoms with E-state index in [9.17, 15) is 9.59 Å². The molecule has 2 aromatic rings. The third-order valence-electron chi connectivity index (χ3n) is 2.77. The number of amides is 2. The summed E-state index contributed by atoms with van der Waals surface area (Å²) >= 11 is 8.96. The van der Waals surface area contributed by atoms with Crippen LogP contribution in [0.1, 0.15) is 17.3 Å². The van der Waals surface area contributed by atoms with Gasteiger partial charge in [-0.2, -0.15) is 0 Å². The van der Waals surface area contributed by atoms with E-state index in [1.165, 1.54) is 18.3 Å². The lowest BCUT2D eigenvalue weighted by Gasteiger charge is -2.15. The highest BCUT2D eigenvalue weighted by molar-refractivity contribution is 9.10. The van der Waals surface area contributed by atoms with Gasteiger partial charge in [0, 0.05) is 10.7 Å². The minimum atomic E-state index is -0.784. The van der Waals surface area contributed by atoms with Gasteiger partial charge in [0.15, 0.2) is 6.10 Å². The molecule has 1 aromatic heterocycles. The summed E-state index contributed by atoms with van der Waals surface area (Å²) in [5.74, 6) is -0.451. The van der Waals surface area contributed by atoms with E-state index in [1.54, 1.807) is 25.1 Å². The maximum absolute atomic E-state index is 11.9. The monoisotopic (exact) mass is 397 g/mol. The number of nitrogens with one attached hydrogen (secondary N) is 2. The molecule has 2 N–H and O–H groups in total. The summed E-state index contributed by atoms with van der Waals surface area (Å²) < 4.78 is 6.33. The van der Waals surface area contributed by atoms with Crippen LogP contribution in [0.3, 0.4) is 0 Å². The predicted octanol–water partition coefficient (Wildman–Crippen LogP) is 2.73. The maximum Gasteiger partial charge on any atom is 0.279 e. The Kier molecular flexibility index (Phi) is 5.95. The zero-order valence-electron chi connectivity index (χ0n) is 12.0. The Morgan fingerprint density at radius 3 is 2.70 bits per heavy atom. The molecule has 1 unspecified atom stereocenters. The first-order chi connectivity index (χ1) is 11.0. The molecule has 23 heavy (non-hydrogen) atoms. The van der Waals surface area contributed by atoms with Gasteiger partial charge in [0.05, 0.1) is 5.56 Å². The van der Waals surface area contributed by atoms with E-state index < -0.39 is 17.9 Å². The van der Waals surface area contributed by atoms with Crippen molar-refractivity contribution in [1.29, 1.82) is 0 Å². The van der Waals surface area contributed by atoms with Gasteiger partial charge in [0.2, 0.25) is 0 Å². The van der Waals surface area contributed by atoms with Crippen LogP contribution in [0.4, 0.5) is 0 Å². The van der Waals surface area contributed by atoms with E-state index in [2.05, 4.69) is 31.8 Å². The molecule has 8 heteroatoms. The van der Waals surface area contributed by atoms with Crippen molar-refractivity contribution in [3.05, 3.63) is 57.8 Å². The number of hydrogen-bond acceptors (Lipinski definition) is 4. The van der Waals surface area contributed by atoms with Crippen LogP contribution in [0.25, 0.3) is 0 Å². The molecule has 0 radical (unpaired) electrons. The number of hydrogen-bond donors (Lipinski definition) is 2. The molecular weight excluding hydrogens is 386 g/mol. The molecule has 0 aliphatic heterocycles. The molecule has 0 bridgehead atoms. The van der Waals surface area contributed by atoms with Gasteiger partial charge in [-0.15, -0.1) is 0 Å². The molecule has 0 aliphatic carbocycles. The lowest BCUT2D eigenvalue weighted by Crippen LogP contribution is -2.47. The molecule has 0 saturated carbocycles. The molecule has 0 fully saturated rings. The van der Waals surface area contributed by atoms with E-state index in [0.717, 1.165) is 4.47 Å². The van der Waals surface area contributed by atoms with Crippen LogP contribution in [-0.4, -0.2) is 22.9 Å². The normalized spacial score (nSPS) is 11.4. The summed E-state index contributed by atoms with van der Waals surface area (Å²) in [6.07, 6.45) is 0.526. The Hall–Kier alpha value is -2.12. The molecule has 120 valence electrons. The number of ether oxygens (including phenoxy) is 1. The molecule has 1 aromatic carbocycles. The minimum absolute atomic E-state index is 0.273. The third-order valence-corrected chi connectivity index (χ3v) is 3.48. The molecule has 2 rings (SSSR count). The zero-order valence-corrected chi connectivity index (χ0v) is 14.4. The Balaban J connectivity index is 1.86. The third kappa shape index (κ3) is 5.22. The van der Waals surface area contributed by atoms with Crippen molar-refractivity contribution >= 4 is 39.3 Å². The highest BCUT2D eigenvalue weighted by Crippen LogP contribution is 2.18. The maximum atomic E-state index is 11.9. The number of carbonyl (C=O) groups excluding carboxylic acids is 2. The number of nitrogens with zero attached hydrogens (tertiary/aromatic N) is 1. The highest BCUT2D eigenvalue weighted by atomic mass is 79.9. The first kappa shape index (κ1) is 17.2. The summed E-state index contributed by atoms with van der Waals surface area (Å²) in [6.45, 7) is 1.58. The Morgan fingerprint density at radius 2 is 2.04 bits per heavy atom. The van der Waals surface area contributed by atoms with Crippen molar-refractivity contribution in [3.8, 4) is 5.75 Å². The molecule has 0 saturated heterocycles. The summed E-state index contributed by atoms with van der Waals surface area (Å²) in [5, 5.41) is 0.279. The van der Waals surface area contributed by atoms with E-state index >= 15 is 0 Å². The van der Waals surface area contributed by atoms with E-state index in [-0.39, 0.29) is 10.7 Å². The number of aromatic nitrogens is 1. The first-order valence-electron chi connectivity index (χ1n) is 6.59. The summed E-state index contributed by atoms with van der Waals surface area (Å²) in [6, 6.07) is 10.1. The van der Waals surface area contributed by atoms with Crippen molar-refractivity contribution in [1.82, 2.24) is 15.8 Å². The molecule has 1 atom stereocenters. The van der Waals surface area contributed by atoms with Gasteiger partial charge in [0.1, 0.15) is 10.9 Å². The standard InChI is InChI=1S/C15H13BrClN3O3/c1-9(23-12-4-2-3-11(16)7-12)14(21)19-20-15(22)10-5-6-13(17)18-8-10/h2-9H,1H3,(H,19,21)(H,20,22). The van der Waals surface area contributed by atoms with E-state index in [0.29, 0.717) is 5.75 Å². The quantitative estimate of drug-likeness (QED) is 0.613. The number of pyridine rings is 1. The van der Waals surface area contributed by atoms with Crippen molar-refractivity contribution in [2.45, 2.75) is 13.0 Å². The van der Waals surface area contributed by atoms with Crippen molar-refractivity contribution in [3.63, 3.8) is 0 Å². The van der Waals surface area contributed by atoms with Gasteiger partial charge in [-0.3, -0.25) is 20.4 Å². The van der Waals surface area contributed by atoms with Crippen LogP contribution in [0.5, 0.6) is 5.75 Å². The minimum Gasteiger partial charge on any atom is -0.481 e. The van der Waals surface area contributed by atoms with E-state index in [1.807, 2.05) is 6.07 Å². The second-order valence-electron chi connectivity index (χ2n) is 4.53. The largest absolute Gasteiger partial charge is 0.481 e. The fourth-order valence-electron chi connectivity index (χ4n) is 1.60. The second kappa shape index (κ2) is 7.94.